The average Bonchev–Trinajstić information content (AvgIpc) is 3.45. The molecule has 4 rings (SSSR count). The maximum Gasteiger partial charge on any atom is 0.416 e. The maximum absolute atomic E-state index is 13.5. The van der Waals surface area contributed by atoms with Crippen LogP contribution < -0.4 is 10.6 Å². The van der Waals surface area contributed by atoms with E-state index in [1.54, 1.807) is 0 Å². The number of rotatable bonds is 4. The minimum absolute atomic E-state index is 0.0203. The molecule has 178 valence electrons. The summed E-state index contributed by atoms with van der Waals surface area (Å²) in [6, 6.07) is 8.30. The molecule has 0 bridgehead atoms. The number of alkyl halides is 3. The number of hydrogen-bond acceptors (Lipinski definition) is 3. The van der Waals surface area contributed by atoms with Gasteiger partial charge >= 0.3 is 6.18 Å². The molecule has 11 heteroatoms. The predicted octanol–water partition coefficient (Wildman–Crippen LogP) is 5.51. The minimum atomic E-state index is -4.51. The van der Waals surface area contributed by atoms with Gasteiger partial charge in [0.25, 0.3) is 5.91 Å². The number of nitrogens with one attached hydrogen (secondary N) is 3. The molecule has 3 aromatic rings. The Morgan fingerprint density at radius 1 is 1.00 bits per heavy atom. The van der Waals surface area contributed by atoms with E-state index in [0.29, 0.717) is 5.69 Å². The molecule has 1 amide bonds. The fourth-order valence-corrected chi connectivity index (χ4v) is 3.67. The van der Waals surface area contributed by atoms with Gasteiger partial charge in [-0.1, -0.05) is 12.8 Å². The zero-order valence-corrected chi connectivity index (χ0v) is 17.7. The summed E-state index contributed by atoms with van der Waals surface area (Å²) in [5.41, 5.74) is -0.275. The van der Waals surface area contributed by atoms with Crippen LogP contribution in [0.25, 0.3) is 11.3 Å². The van der Waals surface area contributed by atoms with Crippen LogP contribution >= 0.6 is 0 Å². The third kappa shape index (κ3) is 5.77. The standard InChI is InChI=1S/C23H20F5N5O/c24-16-9-14(10-17(25)11-16)19-12-20(33-32-19)30-22(29-18-3-1-2-4-18)31-21(34)13-5-7-15(8-6-13)23(26,27)28/h5-12,18H,1-4H2,(H3,29,30,31,32,33,34). The highest BCUT2D eigenvalue weighted by Gasteiger charge is 2.30. The lowest BCUT2D eigenvalue weighted by Gasteiger charge is -2.13. The minimum Gasteiger partial charge on any atom is -0.309 e. The molecule has 0 unspecified atom stereocenters. The monoisotopic (exact) mass is 477 g/mol. The lowest BCUT2D eigenvalue weighted by atomic mass is 10.1. The van der Waals surface area contributed by atoms with Crippen molar-refractivity contribution >= 4 is 17.7 Å². The highest BCUT2D eigenvalue weighted by Crippen LogP contribution is 2.29. The van der Waals surface area contributed by atoms with E-state index in [0.717, 1.165) is 68.1 Å². The third-order valence-corrected chi connectivity index (χ3v) is 5.34. The normalized spacial score (nSPS) is 14.9. The van der Waals surface area contributed by atoms with Crippen LogP contribution in [0.2, 0.25) is 0 Å². The van der Waals surface area contributed by atoms with Crippen molar-refractivity contribution in [1.29, 1.82) is 0 Å². The number of nitrogens with zero attached hydrogens (tertiary/aromatic N) is 2. The van der Waals surface area contributed by atoms with Gasteiger partial charge in [-0.2, -0.15) is 18.3 Å². The van der Waals surface area contributed by atoms with E-state index in [-0.39, 0.29) is 28.9 Å². The first-order valence-electron chi connectivity index (χ1n) is 10.5. The van der Waals surface area contributed by atoms with Crippen LogP contribution in [0, 0.1) is 11.6 Å². The zero-order valence-electron chi connectivity index (χ0n) is 17.7. The number of benzene rings is 2. The molecule has 1 fully saturated rings. The highest BCUT2D eigenvalue weighted by molar-refractivity contribution is 6.09. The summed E-state index contributed by atoms with van der Waals surface area (Å²) >= 11 is 0. The Bertz CT molecular complexity index is 1180. The quantitative estimate of drug-likeness (QED) is 0.263. The molecule has 0 radical (unpaired) electrons. The molecule has 0 spiro atoms. The van der Waals surface area contributed by atoms with Crippen LogP contribution in [0.1, 0.15) is 41.6 Å². The van der Waals surface area contributed by atoms with Gasteiger partial charge in [0.05, 0.1) is 17.3 Å². The first-order chi connectivity index (χ1) is 16.2. The third-order valence-electron chi connectivity index (χ3n) is 5.34. The molecule has 2 aromatic carbocycles. The van der Waals surface area contributed by atoms with Crippen molar-refractivity contribution in [2.75, 3.05) is 5.32 Å². The molecule has 1 heterocycles. The number of carbonyl (C=O) groups excluding carboxylic acids is 1. The lowest BCUT2D eigenvalue weighted by Crippen LogP contribution is -2.37. The summed E-state index contributed by atoms with van der Waals surface area (Å²) < 4.78 is 65.4. The van der Waals surface area contributed by atoms with Gasteiger partial charge in [0.2, 0.25) is 5.96 Å². The highest BCUT2D eigenvalue weighted by atomic mass is 19.4. The van der Waals surface area contributed by atoms with E-state index < -0.39 is 29.3 Å². The zero-order chi connectivity index (χ0) is 24.3. The number of H-pyrrole nitrogens is 1. The number of halogens is 5. The van der Waals surface area contributed by atoms with E-state index in [1.807, 2.05) is 0 Å². The second-order valence-electron chi connectivity index (χ2n) is 7.90. The second-order valence-corrected chi connectivity index (χ2v) is 7.90. The molecular formula is C23H20F5N5O. The molecule has 0 atom stereocenters. The van der Waals surface area contributed by atoms with Gasteiger partial charge in [-0.25, -0.2) is 13.8 Å². The van der Waals surface area contributed by atoms with Crippen LogP contribution in [0.5, 0.6) is 0 Å². The van der Waals surface area contributed by atoms with Crippen molar-refractivity contribution < 1.29 is 26.7 Å². The molecule has 1 aliphatic carbocycles. The molecule has 0 aliphatic heterocycles. The van der Waals surface area contributed by atoms with Gasteiger partial charge in [0.1, 0.15) is 11.6 Å². The van der Waals surface area contributed by atoms with E-state index in [4.69, 9.17) is 0 Å². The van der Waals surface area contributed by atoms with Gasteiger partial charge in [-0.3, -0.25) is 15.2 Å². The smallest absolute Gasteiger partial charge is 0.309 e. The van der Waals surface area contributed by atoms with Crippen LogP contribution in [-0.2, 0) is 6.18 Å². The molecular weight excluding hydrogens is 457 g/mol. The molecule has 1 saturated carbocycles. The average molecular weight is 477 g/mol. The fraction of sp³-hybridized carbons (Fsp3) is 0.261. The molecule has 6 nitrogen and oxygen atoms in total. The van der Waals surface area contributed by atoms with Gasteiger partial charge in [0.15, 0.2) is 5.82 Å². The van der Waals surface area contributed by atoms with Gasteiger partial charge in [-0.15, -0.1) is 0 Å². The van der Waals surface area contributed by atoms with Crippen LogP contribution in [0.3, 0.4) is 0 Å². The number of carbonyl (C=O) groups is 1. The molecule has 1 aliphatic rings. The largest absolute Gasteiger partial charge is 0.416 e. The molecule has 34 heavy (non-hydrogen) atoms. The first-order valence-corrected chi connectivity index (χ1v) is 10.5. The summed E-state index contributed by atoms with van der Waals surface area (Å²) in [6.07, 6.45) is -0.864. The molecule has 1 aromatic heterocycles. The number of aromatic amines is 1. The van der Waals surface area contributed by atoms with Crippen molar-refractivity contribution in [3.63, 3.8) is 0 Å². The maximum atomic E-state index is 13.5. The Kier molecular flexibility index (Phi) is 6.62. The van der Waals surface area contributed by atoms with E-state index in [1.165, 1.54) is 6.07 Å². The van der Waals surface area contributed by atoms with Crippen LogP contribution in [-0.4, -0.2) is 28.1 Å². The van der Waals surface area contributed by atoms with E-state index >= 15 is 0 Å². The number of guanidine groups is 1. The summed E-state index contributed by atoms with van der Waals surface area (Å²) in [5, 5.41) is 12.2. The summed E-state index contributed by atoms with van der Waals surface area (Å²) in [7, 11) is 0. The molecule has 3 N–H and O–H groups in total. The van der Waals surface area contributed by atoms with E-state index in [2.05, 4.69) is 25.8 Å². The Morgan fingerprint density at radius 2 is 1.65 bits per heavy atom. The Labute approximate surface area is 191 Å². The number of aromatic nitrogens is 2. The Balaban J connectivity index is 1.53. The summed E-state index contributed by atoms with van der Waals surface area (Å²) in [4.78, 5) is 17.2. The topological polar surface area (TPSA) is 82.2 Å². The Morgan fingerprint density at radius 3 is 2.26 bits per heavy atom. The van der Waals surface area contributed by atoms with Crippen LogP contribution in [0.4, 0.5) is 27.8 Å². The number of hydrogen-bond donors (Lipinski definition) is 3. The summed E-state index contributed by atoms with van der Waals surface area (Å²) in [6.45, 7) is 0. The summed E-state index contributed by atoms with van der Waals surface area (Å²) in [5.74, 6) is -1.84. The van der Waals surface area contributed by atoms with Gasteiger partial charge in [0, 0.05) is 23.3 Å². The Hall–Kier alpha value is -3.76. The van der Waals surface area contributed by atoms with Crippen molar-refractivity contribution in [3.8, 4) is 11.3 Å². The predicted molar refractivity (Wildman–Crippen MR) is 116 cm³/mol. The van der Waals surface area contributed by atoms with Crippen molar-refractivity contribution in [2.45, 2.75) is 37.9 Å². The number of aliphatic imine (C=N–C) groups is 1. The lowest BCUT2D eigenvalue weighted by molar-refractivity contribution is -0.137. The van der Waals surface area contributed by atoms with Gasteiger partial charge < -0.3 is 5.32 Å². The first kappa shape index (κ1) is 23.4. The SMILES string of the molecule is O=C(NC(=NC1CCCC1)Nc1cc(-c2cc(F)cc(F)c2)[nH]n1)c1ccc(C(F)(F)F)cc1. The fourth-order valence-electron chi connectivity index (χ4n) is 3.67. The number of anilines is 1. The van der Waals surface area contributed by atoms with E-state index in [9.17, 15) is 26.7 Å². The van der Waals surface area contributed by atoms with Crippen molar-refractivity contribution in [1.82, 2.24) is 15.5 Å². The van der Waals surface area contributed by atoms with Crippen molar-refractivity contribution in [2.24, 2.45) is 4.99 Å². The van der Waals surface area contributed by atoms with Crippen molar-refractivity contribution in [3.05, 3.63) is 71.3 Å². The number of amides is 1. The van der Waals surface area contributed by atoms with Crippen LogP contribution in [0.15, 0.2) is 53.5 Å². The van der Waals surface area contributed by atoms with Gasteiger partial charge in [-0.05, 0) is 49.2 Å². The second kappa shape index (κ2) is 9.62. The molecule has 0 saturated heterocycles.